The van der Waals surface area contributed by atoms with E-state index in [0.717, 1.165) is 5.56 Å². The van der Waals surface area contributed by atoms with Gasteiger partial charge in [0.1, 0.15) is 0 Å². The van der Waals surface area contributed by atoms with Crippen LogP contribution in [0.2, 0.25) is 0 Å². The normalized spacial score (nSPS) is 11.0. The van der Waals surface area contributed by atoms with E-state index in [-0.39, 0.29) is 11.5 Å². The summed E-state index contributed by atoms with van der Waals surface area (Å²) in [6.07, 6.45) is 2.11. The van der Waals surface area contributed by atoms with Gasteiger partial charge < -0.3 is 14.8 Å². The maximum absolute atomic E-state index is 9.54. The second-order valence-corrected chi connectivity index (χ2v) is 4.78. The number of hydrogen-bond donors (Lipinski definition) is 2. The first kappa shape index (κ1) is 11.7. The number of nitrogens with zero attached hydrogens (tertiary/aromatic N) is 1. The molecule has 3 nitrogen and oxygen atoms in total. The fraction of sp³-hybridized carbons (Fsp3) is 0.125. The lowest BCUT2D eigenvalue weighted by Crippen LogP contribution is -1.97. The summed E-state index contributed by atoms with van der Waals surface area (Å²) in [5, 5.41) is 20.1. The molecule has 1 aromatic heterocycles. The van der Waals surface area contributed by atoms with Gasteiger partial charge in [-0.1, -0.05) is 24.3 Å². The summed E-state index contributed by atoms with van der Waals surface area (Å²) in [4.78, 5) is 0. The third-order valence-corrected chi connectivity index (χ3v) is 3.38. The van der Waals surface area contributed by atoms with Crippen molar-refractivity contribution in [3.8, 4) is 11.5 Å². The number of benzene rings is 2. The molecule has 3 heteroatoms. The number of hydrogen-bond acceptors (Lipinski definition) is 2. The van der Waals surface area contributed by atoms with Crippen LogP contribution in [0.3, 0.4) is 0 Å². The SMILES string of the molecule is Cc1cn(Cc2ccc(O)c(O)c2)c2ccccc12. The molecule has 0 aliphatic heterocycles. The molecule has 0 saturated carbocycles. The van der Waals surface area contributed by atoms with Crippen molar-refractivity contribution in [3.63, 3.8) is 0 Å². The zero-order valence-corrected chi connectivity index (χ0v) is 10.7. The molecule has 3 rings (SSSR count). The van der Waals surface area contributed by atoms with Crippen LogP contribution < -0.4 is 0 Å². The van der Waals surface area contributed by atoms with Gasteiger partial charge in [0.2, 0.25) is 0 Å². The van der Waals surface area contributed by atoms with Crippen LogP contribution in [0, 0.1) is 6.92 Å². The zero-order chi connectivity index (χ0) is 13.4. The number of phenols is 2. The Morgan fingerprint density at radius 2 is 1.79 bits per heavy atom. The molecule has 0 unspecified atom stereocenters. The van der Waals surface area contributed by atoms with Crippen LogP contribution in [0.25, 0.3) is 10.9 Å². The number of fused-ring (bicyclic) bond motifs is 1. The van der Waals surface area contributed by atoms with Crippen molar-refractivity contribution in [2.45, 2.75) is 13.5 Å². The molecule has 0 bridgehead atoms. The molecule has 0 radical (unpaired) electrons. The maximum Gasteiger partial charge on any atom is 0.157 e. The van der Waals surface area contributed by atoms with E-state index in [0.29, 0.717) is 6.54 Å². The van der Waals surface area contributed by atoms with E-state index in [1.165, 1.54) is 22.5 Å². The number of aromatic nitrogens is 1. The first-order chi connectivity index (χ1) is 9.15. The maximum atomic E-state index is 9.54. The van der Waals surface area contributed by atoms with Crippen LogP contribution >= 0.6 is 0 Å². The molecule has 96 valence electrons. The van der Waals surface area contributed by atoms with Crippen LogP contribution in [0.5, 0.6) is 11.5 Å². The summed E-state index contributed by atoms with van der Waals surface area (Å²) < 4.78 is 2.15. The molecule has 2 N–H and O–H groups in total. The zero-order valence-electron chi connectivity index (χ0n) is 10.7. The Balaban J connectivity index is 2.03. The molecule has 0 saturated heterocycles. The number of para-hydroxylation sites is 1. The van der Waals surface area contributed by atoms with E-state index in [4.69, 9.17) is 0 Å². The van der Waals surface area contributed by atoms with Gasteiger partial charge in [-0.2, -0.15) is 0 Å². The second-order valence-electron chi connectivity index (χ2n) is 4.78. The standard InChI is InChI=1S/C16H15NO2/c1-11-9-17(14-5-3-2-4-13(11)14)10-12-6-7-15(18)16(19)8-12/h2-9,18-19H,10H2,1H3. The minimum Gasteiger partial charge on any atom is -0.504 e. The predicted molar refractivity (Wildman–Crippen MR) is 75.5 cm³/mol. The molecule has 0 spiro atoms. The van der Waals surface area contributed by atoms with E-state index in [9.17, 15) is 10.2 Å². The monoisotopic (exact) mass is 253 g/mol. The number of rotatable bonds is 2. The van der Waals surface area contributed by atoms with Crippen molar-refractivity contribution in [2.24, 2.45) is 0 Å². The van der Waals surface area contributed by atoms with Crippen molar-refractivity contribution in [1.29, 1.82) is 0 Å². The van der Waals surface area contributed by atoms with Gasteiger partial charge in [0.15, 0.2) is 11.5 Å². The van der Waals surface area contributed by atoms with Crippen LogP contribution in [0.15, 0.2) is 48.7 Å². The second kappa shape index (κ2) is 4.35. The Hall–Kier alpha value is -2.42. The molecular weight excluding hydrogens is 238 g/mol. The lowest BCUT2D eigenvalue weighted by molar-refractivity contribution is 0.403. The van der Waals surface area contributed by atoms with Gasteiger partial charge in [-0.25, -0.2) is 0 Å². The Labute approximate surface area is 111 Å². The highest BCUT2D eigenvalue weighted by Gasteiger charge is 2.06. The van der Waals surface area contributed by atoms with Gasteiger partial charge in [0.05, 0.1) is 0 Å². The summed E-state index contributed by atoms with van der Waals surface area (Å²) >= 11 is 0. The minimum atomic E-state index is -0.0858. The van der Waals surface area contributed by atoms with Gasteiger partial charge in [-0.05, 0) is 36.2 Å². The van der Waals surface area contributed by atoms with Gasteiger partial charge in [-0.15, -0.1) is 0 Å². The fourth-order valence-corrected chi connectivity index (χ4v) is 2.43. The van der Waals surface area contributed by atoms with Crippen molar-refractivity contribution in [1.82, 2.24) is 4.57 Å². The Morgan fingerprint density at radius 1 is 1.00 bits per heavy atom. The minimum absolute atomic E-state index is 0.0781. The van der Waals surface area contributed by atoms with E-state index in [1.54, 1.807) is 6.07 Å². The summed E-state index contributed by atoms with van der Waals surface area (Å²) in [7, 11) is 0. The Bertz CT molecular complexity index is 744. The molecule has 3 aromatic rings. The average molecular weight is 253 g/mol. The first-order valence-corrected chi connectivity index (χ1v) is 6.20. The molecular formula is C16H15NO2. The van der Waals surface area contributed by atoms with Gasteiger partial charge in [-0.3, -0.25) is 0 Å². The highest BCUT2D eigenvalue weighted by atomic mass is 16.3. The van der Waals surface area contributed by atoms with E-state index in [2.05, 4.69) is 29.8 Å². The van der Waals surface area contributed by atoms with Crippen LogP contribution in [0.4, 0.5) is 0 Å². The predicted octanol–water partition coefficient (Wildman–Crippen LogP) is 3.41. The lowest BCUT2D eigenvalue weighted by Gasteiger charge is -2.07. The number of phenolic OH excluding ortho intramolecular Hbond substituents is 2. The molecule has 19 heavy (non-hydrogen) atoms. The lowest BCUT2D eigenvalue weighted by atomic mass is 10.2. The van der Waals surface area contributed by atoms with Gasteiger partial charge in [0, 0.05) is 23.6 Å². The van der Waals surface area contributed by atoms with Gasteiger partial charge >= 0.3 is 0 Å². The number of aryl methyl sites for hydroxylation is 1. The van der Waals surface area contributed by atoms with Crippen LogP contribution in [-0.4, -0.2) is 14.8 Å². The highest BCUT2D eigenvalue weighted by molar-refractivity contribution is 5.83. The summed E-state index contributed by atoms with van der Waals surface area (Å²) in [5.41, 5.74) is 3.36. The van der Waals surface area contributed by atoms with Crippen LogP contribution in [-0.2, 0) is 6.54 Å². The molecule has 1 heterocycles. The average Bonchev–Trinajstić information content (AvgIpc) is 2.72. The van der Waals surface area contributed by atoms with E-state index in [1.807, 2.05) is 18.2 Å². The Morgan fingerprint density at radius 3 is 2.58 bits per heavy atom. The molecule has 0 amide bonds. The summed E-state index contributed by atoms with van der Waals surface area (Å²) in [6, 6.07) is 13.2. The van der Waals surface area contributed by atoms with Crippen molar-refractivity contribution in [2.75, 3.05) is 0 Å². The van der Waals surface area contributed by atoms with Crippen LogP contribution in [0.1, 0.15) is 11.1 Å². The van der Waals surface area contributed by atoms with Crippen molar-refractivity contribution < 1.29 is 10.2 Å². The molecule has 2 aromatic carbocycles. The van der Waals surface area contributed by atoms with Gasteiger partial charge in [0.25, 0.3) is 0 Å². The fourth-order valence-electron chi connectivity index (χ4n) is 2.43. The van der Waals surface area contributed by atoms with E-state index < -0.39 is 0 Å². The van der Waals surface area contributed by atoms with Crippen molar-refractivity contribution >= 4 is 10.9 Å². The summed E-state index contributed by atoms with van der Waals surface area (Å²) in [5.74, 6) is -0.164. The van der Waals surface area contributed by atoms with Crippen molar-refractivity contribution in [3.05, 3.63) is 59.8 Å². The molecule has 0 aliphatic carbocycles. The smallest absolute Gasteiger partial charge is 0.157 e. The third kappa shape index (κ3) is 2.03. The third-order valence-electron chi connectivity index (χ3n) is 3.38. The largest absolute Gasteiger partial charge is 0.504 e. The molecule has 0 atom stereocenters. The first-order valence-electron chi connectivity index (χ1n) is 6.20. The molecule has 0 fully saturated rings. The Kier molecular flexibility index (Phi) is 2.67. The molecule has 0 aliphatic rings. The quantitative estimate of drug-likeness (QED) is 0.687. The highest BCUT2D eigenvalue weighted by Crippen LogP contribution is 2.27. The van der Waals surface area contributed by atoms with E-state index >= 15 is 0 Å². The number of aromatic hydroxyl groups is 2. The topological polar surface area (TPSA) is 45.4 Å². The summed E-state index contributed by atoms with van der Waals surface area (Å²) in [6.45, 7) is 2.76.